The summed E-state index contributed by atoms with van der Waals surface area (Å²) in [6, 6.07) is 11.5. The Morgan fingerprint density at radius 3 is 2.38 bits per heavy atom. The lowest BCUT2D eigenvalue weighted by molar-refractivity contribution is -0.384. The number of nitrogens with zero attached hydrogens (tertiary/aromatic N) is 1. The van der Waals surface area contributed by atoms with Crippen molar-refractivity contribution in [3.05, 3.63) is 75.8 Å². The van der Waals surface area contributed by atoms with Crippen LogP contribution in [0, 0.1) is 10.1 Å². The zero-order valence-corrected chi connectivity index (χ0v) is 15.1. The van der Waals surface area contributed by atoms with Gasteiger partial charge >= 0.3 is 12.1 Å². The number of hydrogen-bond donors (Lipinski definition) is 1. The van der Waals surface area contributed by atoms with Crippen LogP contribution in [0.15, 0.2) is 54.6 Å². The molecule has 0 saturated heterocycles. The van der Waals surface area contributed by atoms with Gasteiger partial charge in [0.05, 0.1) is 28.4 Å². The molecule has 150 valence electrons. The molecular weight excluding hydrogens is 389 g/mol. The Labute approximate surface area is 163 Å². The van der Waals surface area contributed by atoms with E-state index in [0.29, 0.717) is 16.8 Å². The highest BCUT2D eigenvalue weighted by atomic mass is 19.4. The molecule has 0 atom stereocenters. The molecule has 0 saturated carbocycles. The summed E-state index contributed by atoms with van der Waals surface area (Å²) in [4.78, 5) is 25.8. The van der Waals surface area contributed by atoms with Crippen LogP contribution in [0.3, 0.4) is 0 Å². The van der Waals surface area contributed by atoms with E-state index in [0.717, 1.165) is 12.1 Å². The summed E-state index contributed by atoms with van der Waals surface area (Å²) in [7, 11) is 0. The van der Waals surface area contributed by atoms with Gasteiger partial charge in [-0.25, -0.2) is 4.79 Å². The van der Waals surface area contributed by atoms with E-state index in [2.05, 4.69) is 4.98 Å². The Kier molecular flexibility index (Phi) is 5.40. The van der Waals surface area contributed by atoms with Crippen molar-refractivity contribution in [2.24, 2.45) is 0 Å². The van der Waals surface area contributed by atoms with E-state index in [4.69, 9.17) is 4.74 Å². The second-order valence-corrected chi connectivity index (χ2v) is 6.07. The molecule has 0 amide bonds. The Balaban J connectivity index is 2.09. The van der Waals surface area contributed by atoms with Crippen molar-refractivity contribution >= 4 is 11.7 Å². The first-order valence-electron chi connectivity index (χ1n) is 8.53. The lowest BCUT2D eigenvalue weighted by Gasteiger charge is -2.07. The number of nitro benzene ring substituents is 1. The van der Waals surface area contributed by atoms with Crippen LogP contribution in [-0.2, 0) is 10.9 Å². The number of nitrogens with one attached hydrogen (secondary N) is 1. The molecule has 0 fully saturated rings. The van der Waals surface area contributed by atoms with Crippen LogP contribution in [0.2, 0.25) is 0 Å². The molecule has 0 aliphatic carbocycles. The number of carbonyl (C=O) groups is 1. The van der Waals surface area contributed by atoms with E-state index in [1.54, 1.807) is 13.0 Å². The second-order valence-electron chi connectivity index (χ2n) is 6.07. The summed E-state index contributed by atoms with van der Waals surface area (Å²) in [5.41, 5.74) is 0.619. The molecule has 1 N–H and O–H groups in total. The number of ether oxygens (including phenoxy) is 1. The van der Waals surface area contributed by atoms with Crippen molar-refractivity contribution < 1.29 is 27.6 Å². The largest absolute Gasteiger partial charge is 0.462 e. The fourth-order valence-electron chi connectivity index (χ4n) is 2.82. The number of benzene rings is 2. The summed E-state index contributed by atoms with van der Waals surface area (Å²) in [6.07, 6.45) is -4.46. The number of aromatic nitrogens is 1. The number of rotatable bonds is 5. The standard InChI is InChI=1S/C20H15F3N2O4/c1-2-29-19(26)16-11-17(12-6-8-14(9-7-12)20(21,22)23)24-18(16)13-4-3-5-15(10-13)25(27)28/h3-11,24H,2H2,1H3. The van der Waals surface area contributed by atoms with Crippen molar-refractivity contribution in [2.75, 3.05) is 6.61 Å². The maximum atomic E-state index is 12.8. The second kappa shape index (κ2) is 7.78. The van der Waals surface area contributed by atoms with Crippen LogP contribution in [0.5, 0.6) is 0 Å². The third-order valence-corrected chi connectivity index (χ3v) is 4.18. The zero-order chi connectivity index (χ0) is 21.2. The van der Waals surface area contributed by atoms with Gasteiger partial charge in [-0.15, -0.1) is 0 Å². The number of H-pyrrole nitrogens is 1. The summed E-state index contributed by atoms with van der Waals surface area (Å²) >= 11 is 0. The lowest BCUT2D eigenvalue weighted by Crippen LogP contribution is -2.05. The van der Waals surface area contributed by atoms with Crippen molar-refractivity contribution in [2.45, 2.75) is 13.1 Å². The van der Waals surface area contributed by atoms with Crippen molar-refractivity contribution in [1.29, 1.82) is 0 Å². The Bertz CT molecular complexity index is 1060. The fraction of sp³-hybridized carbons (Fsp3) is 0.150. The van der Waals surface area contributed by atoms with Crippen molar-refractivity contribution in [3.8, 4) is 22.5 Å². The van der Waals surface area contributed by atoms with Crippen LogP contribution in [-0.4, -0.2) is 22.5 Å². The molecule has 0 spiro atoms. The van der Waals surface area contributed by atoms with E-state index >= 15 is 0 Å². The molecule has 1 aromatic heterocycles. The number of non-ortho nitro benzene ring substituents is 1. The number of hydrogen-bond acceptors (Lipinski definition) is 4. The van der Waals surface area contributed by atoms with Gasteiger partial charge in [-0.2, -0.15) is 13.2 Å². The third-order valence-electron chi connectivity index (χ3n) is 4.18. The van der Waals surface area contributed by atoms with Gasteiger partial charge in [0.2, 0.25) is 0 Å². The minimum atomic E-state index is -4.46. The van der Waals surface area contributed by atoms with E-state index in [-0.39, 0.29) is 23.6 Å². The van der Waals surface area contributed by atoms with Gasteiger partial charge in [0.1, 0.15) is 0 Å². The van der Waals surface area contributed by atoms with Crippen molar-refractivity contribution in [1.82, 2.24) is 4.98 Å². The first-order valence-corrected chi connectivity index (χ1v) is 8.53. The van der Waals surface area contributed by atoms with Gasteiger partial charge in [0.25, 0.3) is 5.69 Å². The van der Waals surface area contributed by atoms with E-state index in [1.165, 1.54) is 36.4 Å². The average Bonchev–Trinajstić information content (AvgIpc) is 3.13. The third kappa shape index (κ3) is 4.29. The van der Waals surface area contributed by atoms with Crippen LogP contribution in [0.25, 0.3) is 22.5 Å². The molecular formula is C20H15F3N2O4. The molecule has 1 heterocycles. The summed E-state index contributed by atoms with van der Waals surface area (Å²) in [6.45, 7) is 1.75. The normalized spacial score (nSPS) is 11.3. The number of nitro groups is 1. The van der Waals surface area contributed by atoms with Crippen LogP contribution in [0.1, 0.15) is 22.8 Å². The Morgan fingerprint density at radius 2 is 1.79 bits per heavy atom. The fourth-order valence-corrected chi connectivity index (χ4v) is 2.82. The topological polar surface area (TPSA) is 85.2 Å². The quantitative estimate of drug-likeness (QED) is 0.348. The molecule has 2 aromatic carbocycles. The lowest BCUT2D eigenvalue weighted by atomic mass is 10.1. The van der Waals surface area contributed by atoms with Gasteiger partial charge in [0.15, 0.2) is 0 Å². The zero-order valence-electron chi connectivity index (χ0n) is 15.1. The van der Waals surface area contributed by atoms with E-state index < -0.39 is 22.6 Å². The molecule has 0 bridgehead atoms. The molecule has 3 aromatic rings. The van der Waals surface area contributed by atoms with Gasteiger partial charge < -0.3 is 9.72 Å². The minimum Gasteiger partial charge on any atom is -0.462 e. The Morgan fingerprint density at radius 1 is 1.10 bits per heavy atom. The van der Waals surface area contributed by atoms with Crippen LogP contribution in [0.4, 0.5) is 18.9 Å². The highest BCUT2D eigenvalue weighted by Crippen LogP contribution is 2.34. The molecule has 9 heteroatoms. The maximum absolute atomic E-state index is 12.8. The van der Waals surface area contributed by atoms with Gasteiger partial charge in [-0.1, -0.05) is 24.3 Å². The summed E-state index contributed by atoms with van der Waals surface area (Å²) < 4.78 is 43.4. The maximum Gasteiger partial charge on any atom is 0.416 e. The van der Waals surface area contributed by atoms with Gasteiger partial charge in [0, 0.05) is 23.4 Å². The number of esters is 1. The monoisotopic (exact) mass is 404 g/mol. The number of halogens is 3. The number of aromatic amines is 1. The van der Waals surface area contributed by atoms with E-state index in [1.807, 2.05) is 0 Å². The molecule has 0 aliphatic rings. The average molecular weight is 404 g/mol. The SMILES string of the molecule is CCOC(=O)c1cc(-c2ccc(C(F)(F)F)cc2)[nH]c1-c1cccc([N+](=O)[O-])c1. The molecule has 0 radical (unpaired) electrons. The predicted octanol–water partition coefficient (Wildman–Crippen LogP) is 5.45. The minimum absolute atomic E-state index is 0.119. The summed E-state index contributed by atoms with van der Waals surface area (Å²) in [5.74, 6) is -0.650. The summed E-state index contributed by atoms with van der Waals surface area (Å²) in [5, 5.41) is 11.1. The number of alkyl halides is 3. The molecule has 3 rings (SSSR count). The predicted molar refractivity (Wildman–Crippen MR) is 99.3 cm³/mol. The highest BCUT2D eigenvalue weighted by Gasteiger charge is 2.30. The molecule has 29 heavy (non-hydrogen) atoms. The van der Waals surface area contributed by atoms with Crippen molar-refractivity contribution in [3.63, 3.8) is 0 Å². The van der Waals surface area contributed by atoms with Crippen LogP contribution >= 0.6 is 0 Å². The number of carbonyl (C=O) groups excluding carboxylic acids is 1. The molecule has 0 unspecified atom stereocenters. The Hall–Kier alpha value is -3.62. The smallest absolute Gasteiger partial charge is 0.416 e. The van der Waals surface area contributed by atoms with E-state index in [9.17, 15) is 28.1 Å². The van der Waals surface area contributed by atoms with Crippen LogP contribution < -0.4 is 0 Å². The first-order chi connectivity index (χ1) is 13.7. The molecule has 6 nitrogen and oxygen atoms in total. The highest BCUT2D eigenvalue weighted by molar-refractivity contribution is 5.98. The first kappa shape index (κ1) is 20.1. The molecule has 0 aliphatic heterocycles. The van der Waals surface area contributed by atoms with Gasteiger partial charge in [-0.3, -0.25) is 10.1 Å². The van der Waals surface area contributed by atoms with Gasteiger partial charge in [-0.05, 0) is 30.7 Å².